The average molecular weight is 369 g/mol. The molecule has 0 radical (unpaired) electrons. The molecular weight excluding hydrogens is 356 g/mol. The van der Waals surface area contributed by atoms with E-state index < -0.39 is 0 Å². The van der Waals surface area contributed by atoms with Crippen LogP contribution in [-0.4, -0.2) is 30.6 Å². The lowest BCUT2D eigenvalue weighted by Gasteiger charge is -2.04. The van der Waals surface area contributed by atoms with Crippen LogP contribution in [0, 0.1) is 6.92 Å². The predicted octanol–water partition coefficient (Wildman–Crippen LogP) is 2.67. The minimum absolute atomic E-state index is 0.212. The molecule has 0 aliphatic rings. The molecular formula is C17H13ClN6O2. The Balaban J connectivity index is 1.52. The van der Waals surface area contributed by atoms with Crippen molar-refractivity contribution >= 4 is 23.2 Å². The normalized spacial score (nSPS) is 11.0. The van der Waals surface area contributed by atoms with Crippen molar-refractivity contribution in [1.29, 1.82) is 0 Å². The molecule has 4 rings (SSSR count). The summed E-state index contributed by atoms with van der Waals surface area (Å²) < 4.78 is 6.94. The first-order valence-electron chi connectivity index (χ1n) is 7.78. The molecule has 3 aromatic heterocycles. The van der Waals surface area contributed by atoms with Crippen molar-refractivity contribution in [2.75, 3.05) is 0 Å². The van der Waals surface area contributed by atoms with E-state index in [1.54, 1.807) is 47.9 Å². The molecule has 9 heteroatoms. The summed E-state index contributed by atoms with van der Waals surface area (Å²) in [6, 6.07) is 10.3. The quantitative estimate of drug-likeness (QED) is 0.594. The van der Waals surface area contributed by atoms with Gasteiger partial charge in [-0.3, -0.25) is 9.20 Å². The highest BCUT2D eigenvalue weighted by molar-refractivity contribution is 6.30. The minimum atomic E-state index is -0.212. The van der Waals surface area contributed by atoms with Crippen LogP contribution in [0.3, 0.4) is 0 Å². The maximum Gasteiger partial charge on any atom is 0.258 e. The molecule has 4 aromatic rings. The predicted molar refractivity (Wildman–Crippen MR) is 93.6 cm³/mol. The van der Waals surface area contributed by atoms with Crippen molar-refractivity contribution in [3.05, 3.63) is 64.8 Å². The molecule has 0 saturated heterocycles. The number of pyridine rings is 1. The molecule has 0 unspecified atom stereocenters. The molecule has 0 atom stereocenters. The fraction of sp³-hybridized carbons (Fsp3) is 0.118. The highest BCUT2D eigenvalue weighted by atomic mass is 35.5. The van der Waals surface area contributed by atoms with E-state index in [2.05, 4.69) is 25.7 Å². The molecule has 0 aliphatic carbocycles. The minimum Gasteiger partial charge on any atom is -0.345 e. The van der Waals surface area contributed by atoms with E-state index in [-0.39, 0.29) is 12.5 Å². The lowest BCUT2D eigenvalue weighted by Crippen LogP contribution is -2.23. The summed E-state index contributed by atoms with van der Waals surface area (Å²) in [5, 5.41) is 15.4. The number of fused-ring (bicyclic) bond motifs is 1. The highest BCUT2D eigenvalue weighted by Crippen LogP contribution is 2.19. The molecule has 1 N–H and O–H groups in total. The second-order valence-electron chi connectivity index (χ2n) is 5.60. The Morgan fingerprint density at radius 3 is 2.77 bits per heavy atom. The van der Waals surface area contributed by atoms with Gasteiger partial charge in [-0.05, 0) is 43.3 Å². The van der Waals surface area contributed by atoms with E-state index in [9.17, 15) is 4.79 Å². The Morgan fingerprint density at radius 2 is 2.04 bits per heavy atom. The van der Waals surface area contributed by atoms with Crippen LogP contribution in [0.1, 0.15) is 22.0 Å². The average Bonchev–Trinajstić information content (AvgIpc) is 3.26. The molecule has 1 amide bonds. The number of nitrogens with one attached hydrogen (secondary N) is 1. The lowest BCUT2D eigenvalue weighted by atomic mass is 10.2. The van der Waals surface area contributed by atoms with Crippen molar-refractivity contribution in [1.82, 2.24) is 30.1 Å². The van der Waals surface area contributed by atoms with Gasteiger partial charge in [0.1, 0.15) is 0 Å². The lowest BCUT2D eigenvalue weighted by molar-refractivity contribution is 0.0950. The Morgan fingerprint density at radius 1 is 1.23 bits per heavy atom. The summed E-state index contributed by atoms with van der Waals surface area (Å²) in [5.41, 5.74) is 1.90. The van der Waals surface area contributed by atoms with E-state index in [1.165, 1.54) is 0 Å². The van der Waals surface area contributed by atoms with Crippen LogP contribution in [0.4, 0.5) is 0 Å². The van der Waals surface area contributed by atoms with E-state index in [4.69, 9.17) is 16.1 Å². The standard InChI is InChI=1S/C17H13ClN6O2/c1-10-20-17(26-23-10)12-6-7-24-14(8-12)21-22-15(24)9-19-16(25)11-2-4-13(18)5-3-11/h2-8H,9H2,1H3,(H,19,25). The summed E-state index contributed by atoms with van der Waals surface area (Å²) in [6.45, 7) is 1.99. The third-order valence-corrected chi connectivity index (χ3v) is 4.02. The number of rotatable bonds is 4. The first-order chi connectivity index (χ1) is 12.6. The largest absolute Gasteiger partial charge is 0.345 e. The zero-order valence-electron chi connectivity index (χ0n) is 13.7. The third-order valence-electron chi connectivity index (χ3n) is 3.77. The maximum absolute atomic E-state index is 12.2. The monoisotopic (exact) mass is 368 g/mol. The Kier molecular flexibility index (Phi) is 4.10. The van der Waals surface area contributed by atoms with Crippen LogP contribution >= 0.6 is 11.6 Å². The van der Waals surface area contributed by atoms with Gasteiger partial charge < -0.3 is 9.84 Å². The zero-order valence-corrected chi connectivity index (χ0v) is 14.4. The molecule has 0 bridgehead atoms. The van der Waals surface area contributed by atoms with Gasteiger partial charge in [-0.25, -0.2) is 0 Å². The van der Waals surface area contributed by atoms with E-state index in [0.717, 1.165) is 5.56 Å². The Bertz CT molecular complexity index is 1090. The van der Waals surface area contributed by atoms with Crippen LogP contribution in [0.5, 0.6) is 0 Å². The molecule has 0 saturated carbocycles. The number of hydrogen-bond donors (Lipinski definition) is 1. The van der Waals surface area contributed by atoms with Gasteiger partial charge in [0, 0.05) is 22.3 Å². The highest BCUT2D eigenvalue weighted by Gasteiger charge is 2.12. The first-order valence-corrected chi connectivity index (χ1v) is 8.16. The summed E-state index contributed by atoms with van der Waals surface area (Å²) >= 11 is 5.83. The van der Waals surface area contributed by atoms with E-state index in [0.29, 0.717) is 33.8 Å². The van der Waals surface area contributed by atoms with Crippen molar-refractivity contribution in [3.63, 3.8) is 0 Å². The molecule has 0 spiro atoms. The van der Waals surface area contributed by atoms with Gasteiger partial charge in [-0.1, -0.05) is 16.8 Å². The fourth-order valence-electron chi connectivity index (χ4n) is 2.47. The second kappa shape index (κ2) is 6.57. The van der Waals surface area contributed by atoms with Gasteiger partial charge in [-0.15, -0.1) is 10.2 Å². The van der Waals surface area contributed by atoms with Crippen molar-refractivity contribution in [2.45, 2.75) is 13.5 Å². The molecule has 0 aliphatic heterocycles. The number of aryl methyl sites for hydroxylation is 1. The van der Waals surface area contributed by atoms with Gasteiger partial charge in [0.2, 0.25) is 0 Å². The number of nitrogens with zero attached hydrogens (tertiary/aromatic N) is 5. The van der Waals surface area contributed by atoms with Crippen molar-refractivity contribution in [2.24, 2.45) is 0 Å². The number of benzene rings is 1. The smallest absolute Gasteiger partial charge is 0.258 e. The van der Waals surface area contributed by atoms with Gasteiger partial charge >= 0.3 is 0 Å². The molecule has 8 nitrogen and oxygen atoms in total. The number of halogens is 1. The first kappa shape index (κ1) is 16.2. The summed E-state index contributed by atoms with van der Waals surface area (Å²) in [4.78, 5) is 16.4. The maximum atomic E-state index is 12.2. The summed E-state index contributed by atoms with van der Waals surface area (Å²) in [6.07, 6.45) is 1.80. The SMILES string of the molecule is Cc1noc(-c2ccn3c(CNC(=O)c4ccc(Cl)cc4)nnc3c2)n1. The topological polar surface area (TPSA) is 98.2 Å². The molecule has 130 valence electrons. The van der Waals surface area contributed by atoms with Crippen molar-refractivity contribution in [3.8, 4) is 11.5 Å². The molecule has 1 aromatic carbocycles. The number of carbonyl (C=O) groups excluding carboxylic acids is 1. The summed E-state index contributed by atoms with van der Waals surface area (Å²) in [7, 11) is 0. The third kappa shape index (κ3) is 3.14. The molecule has 3 heterocycles. The number of hydrogen-bond acceptors (Lipinski definition) is 6. The van der Waals surface area contributed by atoms with Crippen LogP contribution < -0.4 is 5.32 Å². The second-order valence-corrected chi connectivity index (χ2v) is 6.03. The molecule has 0 fully saturated rings. The Hall–Kier alpha value is -3.26. The fourth-order valence-corrected chi connectivity index (χ4v) is 2.60. The number of aromatic nitrogens is 5. The molecule has 26 heavy (non-hydrogen) atoms. The van der Waals surface area contributed by atoms with Crippen LogP contribution in [0.2, 0.25) is 5.02 Å². The van der Waals surface area contributed by atoms with Gasteiger partial charge in [-0.2, -0.15) is 4.98 Å². The summed E-state index contributed by atoms with van der Waals surface area (Å²) in [5.74, 6) is 1.38. The number of amides is 1. The van der Waals surface area contributed by atoms with Crippen LogP contribution in [-0.2, 0) is 6.54 Å². The van der Waals surface area contributed by atoms with E-state index >= 15 is 0 Å². The number of carbonyl (C=O) groups is 1. The zero-order chi connectivity index (χ0) is 18.1. The van der Waals surface area contributed by atoms with Crippen molar-refractivity contribution < 1.29 is 9.32 Å². The van der Waals surface area contributed by atoms with Gasteiger partial charge in [0.05, 0.1) is 6.54 Å². The van der Waals surface area contributed by atoms with E-state index in [1.807, 2.05) is 6.07 Å². The van der Waals surface area contributed by atoms with Crippen LogP contribution in [0.15, 0.2) is 47.1 Å². The van der Waals surface area contributed by atoms with Gasteiger partial charge in [0.15, 0.2) is 17.3 Å². The van der Waals surface area contributed by atoms with Crippen LogP contribution in [0.25, 0.3) is 17.1 Å². The Labute approximate surface area is 152 Å². The van der Waals surface area contributed by atoms with Gasteiger partial charge in [0.25, 0.3) is 11.8 Å².